The maximum absolute atomic E-state index is 12.5. The monoisotopic (exact) mass is 305 g/mol. The van der Waals surface area contributed by atoms with E-state index in [1.165, 1.54) is 23.1 Å². The van der Waals surface area contributed by atoms with E-state index in [9.17, 15) is 4.79 Å². The molecule has 6 nitrogen and oxygen atoms in total. The number of rotatable bonds is 2. The van der Waals surface area contributed by atoms with Crippen LogP contribution in [-0.4, -0.2) is 50.0 Å². The van der Waals surface area contributed by atoms with Crippen molar-refractivity contribution in [3.05, 3.63) is 33.3 Å². The van der Waals surface area contributed by atoms with Crippen molar-refractivity contribution >= 4 is 41.0 Å². The summed E-state index contributed by atoms with van der Waals surface area (Å²) in [5.74, 6) is 0.0455. The highest BCUT2D eigenvalue weighted by Gasteiger charge is 2.24. The summed E-state index contributed by atoms with van der Waals surface area (Å²) in [6.07, 6.45) is 3.60. The second-order valence-electron chi connectivity index (χ2n) is 4.50. The molecule has 20 heavy (non-hydrogen) atoms. The highest BCUT2D eigenvalue weighted by atomic mass is 32.1. The normalized spacial score (nSPS) is 20.9. The Morgan fingerprint density at radius 2 is 1.55 bits per heavy atom. The first-order valence-corrected chi connectivity index (χ1v) is 7.58. The summed E-state index contributed by atoms with van der Waals surface area (Å²) >= 11 is 2.55. The molecule has 0 atom stereocenters. The molecule has 0 bridgehead atoms. The zero-order valence-corrected chi connectivity index (χ0v) is 12.3. The SMILES string of the molecule is CN1C/C(=C/c2csnn2)C(=O)/C(=C/c2csnn2)C1. The lowest BCUT2D eigenvalue weighted by atomic mass is 9.96. The molecule has 2 aromatic heterocycles. The smallest absolute Gasteiger partial charge is 0.187 e. The van der Waals surface area contributed by atoms with Gasteiger partial charge < -0.3 is 0 Å². The number of carbonyl (C=O) groups excluding carboxylic acids is 1. The van der Waals surface area contributed by atoms with E-state index in [1.54, 1.807) is 12.2 Å². The van der Waals surface area contributed by atoms with Gasteiger partial charge in [0.15, 0.2) is 5.78 Å². The summed E-state index contributed by atoms with van der Waals surface area (Å²) < 4.78 is 7.60. The number of ketones is 1. The van der Waals surface area contributed by atoms with Gasteiger partial charge in [0, 0.05) is 35.0 Å². The number of Topliss-reactive ketones (excluding diaryl/α,β-unsaturated/α-hetero) is 1. The molecule has 0 unspecified atom stereocenters. The third-order valence-electron chi connectivity index (χ3n) is 2.86. The minimum Gasteiger partial charge on any atom is -0.298 e. The molecule has 0 radical (unpaired) electrons. The standard InChI is InChI=1S/C12H11N5OS2/c1-17-4-8(2-10-6-19-15-13-10)12(18)9(5-17)3-11-7-20-16-14-11/h2-3,6-7H,4-5H2,1H3/b8-2-,9-3+. The van der Waals surface area contributed by atoms with E-state index in [4.69, 9.17) is 0 Å². The molecule has 3 rings (SSSR count). The van der Waals surface area contributed by atoms with Gasteiger partial charge in [0.1, 0.15) is 0 Å². The molecular formula is C12H11N5OS2. The highest BCUT2D eigenvalue weighted by Crippen LogP contribution is 2.20. The van der Waals surface area contributed by atoms with Gasteiger partial charge in [-0.05, 0) is 42.3 Å². The first-order chi connectivity index (χ1) is 9.72. The summed E-state index contributed by atoms with van der Waals surface area (Å²) in [5.41, 5.74) is 2.90. The number of hydrogen-bond acceptors (Lipinski definition) is 8. The Labute approximate surface area is 123 Å². The van der Waals surface area contributed by atoms with Crippen LogP contribution >= 0.6 is 23.1 Å². The van der Waals surface area contributed by atoms with Crippen molar-refractivity contribution in [2.45, 2.75) is 0 Å². The average Bonchev–Trinajstić information content (AvgIpc) is 3.08. The van der Waals surface area contributed by atoms with Crippen molar-refractivity contribution in [2.75, 3.05) is 20.1 Å². The van der Waals surface area contributed by atoms with E-state index in [-0.39, 0.29) is 5.78 Å². The Hall–Kier alpha value is -1.77. The van der Waals surface area contributed by atoms with Crippen LogP contribution in [0, 0.1) is 0 Å². The molecule has 0 spiro atoms. The lowest BCUT2D eigenvalue weighted by molar-refractivity contribution is -0.113. The van der Waals surface area contributed by atoms with Crippen molar-refractivity contribution in [1.29, 1.82) is 0 Å². The Balaban J connectivity index is 1.92. The number of likely N-dealkylation sites (N-methyl/N-ethyl adjacent to an activating group) is 1. The van der Waals surface area contributed by atoms with Crippen molar-refractivity contribution in [3.8, 4) is 0 Å². The fourth-order valence-corrected chi connectivity index (χ4v) is 2.86. The predicted molar refractivity (Wildman–Crippen MR) is 78.3 cm³/mol. The first-order valence-electron chi connectivity index (χ1n) is 5.91. The molecule has 1 aliphatic heterocycles. The summed E-state index contributed by atoms with van der Waals surface area (Å²) in [5, 5.41) is 11.5. The lowest BCUT2D eigenvalue weighted by Gasteiger charge is -2.25. The zero-order chi connectivity index (χ0) is 13.9. The van der Waals surface area contributed by atoms with E-state index in [0.29, 0.717) is 13.1 Å². The van der Waals surface area contributed by atoms with Crippen molar-refractivity contribution in [2.24, 2.45) is 0 Å². The van der Waals surface area contributed by atoms with Gasteiger partial charge in [0.25, 0.3) is 0 Å². The molecule has 2 aromatic rings. The number of piperidine rings is 1. The Morgan fingerprint density at radius 3 is 1.95 bits per heavy atom. The maximum atomic E-state index is 12.5. The molecule has 0 aromatic carbocycles. The third kappa shape index (κ3) is 2.87. The molecule has 0 amide bonds. The molecular weight excluding hydrogens is 294 g/mol. The molecule has 102 valence electrons. The van der Waals surface area contributed by atoms with Crippen molar-refractivity contribution in [1.82, 2.24) is 24.1 Å². The highest BCUT2D eigenvalue weighted by molar-refractivity contribution is 7.03. The van der Waals surface area contributed by atoms with E-state index in [0.717, 1.165) is 22.5 Å². The lowest BCUT2D eigenvalue weighted by Crippen LogP contribution is -2.34. The maximum Gasteiger partial charge on any atom is 0.187 e. The Morgan fingerprint density at radius 1 is 1.05 bits per heavy atom. The van der Waals surface area contributed by atoms with Gasteiger partial charge in [-0.25, -0.2) is 0 Å². The molecule has 0 saturated carbocycles. The van der Waals surface area contributed by atoms with Gasteiger partial charge in [-0.3, -0.25) is 9.69 Å². The van der Waals surface area contributed by atoms with Crippen LogP contribution in [0.15, 0.2) is 21.9 Å². The van der Waals surface area contributed by atoms with E-state index < -0.39 is 0 Å². The van der Waals surface area contributed by atoms with Gasteiger partial charge in [-0.1, -0.05) is 8.98 Å². The van der Waals surface area contributed by atoms with Crippen LogP contribution in [0.3, 0.4) is 0 Å². The Kier molecular flexibility index (Phi) is 3.77. The molecule has 1 aliphatic rings. The topological polar surface area (TPSA) is 71.9 Å². The second-order valence-corrected chi connectivity index (χ2v) is 5.72. The van der Waals surface area contributed by atoms with Crippen molar-refractivity contribution in [3.63, 3.8) is 0 Å². The van der Waals surface area contributed by atoms with Crippen LogP contribution in [-0.2, 0) is 4.79 Å². The number of carbonyl (C=O) groups is 1. The van der Waals surface area contributed by atoms with E-state index in [2.05, 4.69) is 24.1 Å². The summed E-state index contributed by atoms with van der Waals surface area (Å²) in [7, 11) is 1.98. The van der Waals surface area contributed by atoms with Crippen LogP contribution in [0.5, 0.6) is 0 Å². The van der Waals surface area contributed by atoms with E-state index in [1.807, 2.05) is 17.8 Å². The minimum atomic E-state index is 0.0455. The van der Waals surface area contributed by atoms with Crippen LogP contribution in [0.2, 0.25) is 0 Å². The fraction of sp³-hybridized carbons (Fsp3) is 0.250. The number of hydrogen-bond donors (Lipinski definition) is 0. The second kappa shape index (κ2) is 5.70. The van der Waals surface area contributed by atoms with Gasteiger partial charge >= 0.3 is 0 Å². The first kappa shape index (κ1) is 13.2. The number of aromatic nitrogens is 4. The predicted octanol–water partition coefficient (Wildman–Crippen LogP) is 1.37. The summed E-state index contributed by atoms with van der Waals surface area (Å²) in [6.45, 7) is 1.23. The quantitative estimate of drug-likeness (QED) is 0.780. The van der Waals surface area contributed by atoms with Gasteiger partial charge in [-0.15, -0.1) is 10.2 Å². The molecule has 0 aliphatic carbocycles. The average molecular weight is 305 g/mol. The van der Waals surface area contributed by atoms with Crippen molar-refractivity contribution < 1.29 is 4.79 Å². The van der Waals surface area contributed by atoms with Gasteiger partial charge in [0.05, 0.1) is 11.4 Å². The van der Waals surface area contributed by atoms with Gasteiger partial charge in [0.2, 0.25) is 0 Å². The zero-order valence-electron chi connectivity index (χ0n) is 10.7. The Bertz CT molecular complexity index is 604. The molecule has 3 heterocycles. The van der Waals surface area contributed by atoms with Crippen LogP contribution in [0.4, 0.5) is 0 Å². The molecule has 1 saturated heterocycles. The number of likely N-dealkylation sites (tertiary alicyclic amines) is 1. The fourth-order valence-electron chi connectivity index (χ4n) is 2.04. The van der Waals surface area contributed by atoms with E-state index >= 15 is 0 Å². The van der Waals surface area contributed by atoms with Crippen LogP contribution in [0.25, 0.3) is 12.2 Å². The third-order valence-corrected chi connectivity index (χ3v) is 3.91. The summed E-state index contributed by atoms with van der Waals surface area (Å²) in [4.78, 5) is 14.6. The summed E-state index contributed by atoms with van der Waals surface area (Å²) in [6, 6.07) is 0. The number of nitrogens with zero attached hydrogens (tertiary/aromatic N) is 5. The van der Waals surface area contributed by atoms with Crippen LogP contribution in [0.1, 0.15) is 11.4 Å². The molecule has 0 N–H and O–H groups in total. The largest absolute Gasteiger partial charge is 0.298 e. The molecule has 1 fully saturated rings. The molecule has 8 heteroatoms. The minimum absolute atomic E-state index is 0.0455. The van der Waals surface area contributed by atoms with Crippen LogP contribution < -0.4 is 0 Å². The van der Waals surface area contributed by atoms with Gasteiger partial charge in [-0.2, -0.15) is 0 Å².